The molecule has 1 aromatic carbocycles. The van der Waals surface area contributed by atoms with Crippen LogP contribution >= 0.6 is 23.4 Å². The third-order valence-corrected chi connectivity index (χ3v) is 4.35. The fraction of sp³-hybridized carbons (Fsp3) is 0.286. The number of nitrogens with zero attached hydrogens (tertiary/aromatic N) is 2. The van der Waals surface area contributed by atoms with Crippen LogP contribution in [0.1, 0.15) is 24.1 Å². The molecule has 0 spiro atoms. The maximum Gasteiger partial charge on any atom is 0.223 e. The zero-order valence-electron chi connectivity index (χ0n) is 10.2. The van der Waals surface area contributed by atoms with E-state index in [1.807, 2.05) is 0 Å². The smallest absolute Gasteiger partial charge is 0.223 e. The Kier molecular flexibility index (Phi) is 3.71. The number of aryl methyl sites for hydroxylation is 1. The molecule has 98 valence electrons. The van der Waals surface area contributed by atoms with E-state index in [9.17, 15) is 4.39 Å². The summed E-state index contributed by atoms with van der Waals surface area (Å²) in [6, 6.07) is 6.42. The number of aromatic nitrogens is 2. The van der Waals surface area contributed by atoms with Crippen molar-refractivity contribution in [1.29, 1.82) is 0 Å². The molecule has 1 aromatic heterocycles. The molecule has 1 aliphatic carbocycles. The molecule has 0 aliphatic heterocycles. The van der Waals surface area contributed by atoms with Crippen LogP contribution < -0.4 is 0 Å². The molecule has 5 heteroatoms. The topological polar surface area (TPSA) is 25.8 Å². The highest BCUT2D eigenvalue weighted by Gasteiger charge is 2.18. The van der Waals surface area contributed by atoms with Gasteiger partial charge >= 0.3 is 0 Å². The molecule has 2 nitrogen and oxygen atoms in total. The van der Waals surface area contributed by atoms with Gasteiger partial charge in [0.05, 0.1) is 0 Å². The first kappa shape index (κ1) is 12.9. The fourth-order valence-electron chi connectivity index (χ4n) is 2.23. The van der Waals surface area contributed by atoms with E-state index >= 15 is 0 Å². The van der Waals surface area contributed by atoms with Gasteiger partial charge in [0.1, 0.15) is 10.8 Å². The minimum absolute atomic E-state index is 0.230. The average molecular weight is 295 g/mol. The maximum absolute atomic E-state index is 12.9. The molecule has 0 fully saturated rings. The number of hydrogen-bond acceptors (Lipinski definition) is 3. The first-order valence-electron chi connectivity index (χ1n) is 6.21. The van der Waals surface area contributed by atoms with Crippen molar-refractivity contribution in [1.82, 2.24) is 9.97 Å². The second kappa shape index (κ2) is 5.47. The van der Waals surface area contributed by atoms with Gasteiger partial charge < -0.3 is 0 Å². The van der Waals surface area contributed by atoms with Crippen LogP contribution in [0.4, 0.5) is 4.39 Å². The summed E-state index contributed by atoms with van der Waals surface area (Å²) >= 11 is 7.50. The molecule has 0 bridgehead atoms. The van der Waals surface area contributed by atoms with Crippen LogP contribution in [0.5, 0.6) is 0 Å². The van der Waals surface area contributed by atoms with Crippen molar-refractivity contribution in [3.63, 3.8) is 0 Å². The third-order valence-electron chi connectivity index (χ3n) is 3.15. The van der Waals surface area contributed by atoms with Gasteiger partial charge in [0, 0.05) is 16.2 Å². The summed E-state index contributed by atoms with van der Waals surface area (Å²) in [4.78, 5) is 9.60. The Morgan fingerprint density at radius 3 is 2.58 bits per heavy atom. The average Bonchev–Trinajstić information content (AvgIpc) is 2.41. The first-order chi connectivity index (χ1) is 9.22. The van der Waals surface area contributed by atoms with E-state index in [2.05, 4.69) is 9.97 Å². The number of rotatable bonds is 2. The molecule has 0 radical (unpaired) electrons. The van der Waals surface area contributed by atoms with E-state index in [1.54, 1.807) is 12.1 Å². The lowest BCUT2D eigenvalue weighted by Crippen LogP contribution is -2.08. The summed E-state index contributed by atoms with van der Waals surface area (Å²) in [7, 11) is 0. The summed E-state index contributed by atoms with van der Waals surface area (Å²) in [5.74, 6) is -0.230. The minimum atomic E-state index is -0.230. The second-order valence-electron chi connectivity index (χ2n) is 4.49. The predicted molar refractivity (Wildman–Crippen MR) is 74.2 cm³/mol. The van der Waals surface area contributed by atoms with Gasteiger partial charge in [0.15, 0.2) is 0 Å². The van der Waals surface area contributed by atoms with Gasteiger partial charge in [-0.05, 0) is 61.5 Å². The van der Waals surface area contributed by atoms with Crippen LogP contribution in [0.3, 0.4) is 0 Å². The van der Waals surface area contributed by atoms with E-state index in [-0.39, 0.29) is 5.82 Å². The van der Waals surface area contributed by atoms with E-state index in [1.165, 1.54) is 29.5 Å². The first-order valence-corrected chi connectivity index (χ1v) is 7.40. The SMILES string of the molecule is Fc1ccc(Sc2nc(Cl)nc3c2CCCC3)cc1. The molecule has 0 saturated heterocycles. The zero-order valence-corrected chi connectivity index (χ0v) is 11.8. The fourth-order valence-corrected chi connectivity index (χ4v) is 3.44. The van der Waals surface area contributed by atoms with Crippen LogP contribution in [-0.4, -0.2) is 9.97 Å². The van der Waals surface area contributed by atoms with Crippen molar-refractivity contribution >= 4 is 23.4 Å². The highest BCUT2D eigenvalue weighted by molar-refractivity contribution is 7.99. The Morgan fingerprint density at radius 2 is 1.79 bits per heavy atom. The van der Waals surface area contributed by atoms with Crippen LogP contribution in [0, 0.1) is 5.82 Å². The van der Waals surface area contributed by atoms with Gasteiger partial charge in [-0.3, -0.25) is 0 Å². The molecule has 0 N–H and O–H groups in total. The summed E-state index contributed by atoms with van der Waals surface area (Å²) in [6.07, 6.45) is 4.28. The van der Waals surface area contributed by atoms with Crippen molar-refractivity contribution in [2.24, 2.45) is 0 Å². The van der Waals surface area contributed by atoms with E-state index < -0.39 is 0 Å². The predicted octanol–water partition coefficient (Wildman–Crippen LogP) is 4.30. The molecule has 1 aliphatic rings. The lowest BCUT2D eigenvalue weighted by molar-refractivity contribution is 0.626. The normalized spacial score (nSPS) is 14.2. The highest BCUT2D eigenvalue weighted by Crippen LogP contribution is 2.34. The molecular formula is C14H12ClFN2S. The Labute approximate surface area is 120 Å². The summed E-state index contributed by atoms with van der Waals surface area (Å²) < 4.78 is 12.9. The number of fused-ring (bicyclic) bond motifs is 1. The molecule has 1 heterocycles. The summed E-state index contributed by atoms with van der Waals surface area (Å²) in [6.45, 7) is 0. The van der Waals surface area contributed by atoms with E-state index in [4.69, 9.17) is 11.6 Å². The maximum atomic E-state index is 12.9. The number of halogens is 2. The lowest BCUT2D eigenvalue weighted by Gasteiger charge is -2.17. The van der Waals surface area contributed by atoms with Crippen molar-refractivity contribution in [2.75, 3.05) is 0 Å². The lowest BCUT2D eigenvalue weighted by atomic mass is 9.98. The van der Waals surface area contributed by atoms with E-state index in [0.717, 1.165) is 41.3 Å². The third kappa shape index (κ3) is 2.90. The van der Waals surface area contributed by atoms with Crippen LogP contribution in [0.15, 0.2) is 34.2 Å². The number of hydrogen-bond donors (Lipinski definition) is 0. The van der Waals surface area contributed by atoms with Gasteiger partial charge in [0.25, 0.3) is 0 Å². The molecule has 19 heavy (non-hydrogen) atoms. The van der Waals surface area contributed by atoms with Crippen LogP contribution in [-0.2, 0) is 12.8 Å². The van der Waals surface area contributed by atoms with Crippen molar-refractivity contribution in [3.8, 4) is 0 Å². The molecule has 0 amide bonds. The Hall–Kier alpha value is -1.13. The van der Waals surface area contributed by atoms with Crippen LogP contribution in [0.25, 0.3) is 0 Å². The quantitative estimate of drug-likeness (QED) is 0.610. The van der Waals surface area contributed by atoms with Gasteiger partial charge in [-0.25, -0.2) is 14.4 Å². The largest absolute Gasteiger partial charge is 0.223 e. The van der Waals surface area contributed by atoms with Gasteiger partial charge in [-0.1, -0.05) is 11.8 Å². The molecule has 0 unspecified atom stereocenters. The number of benzene rings is 1. The summed E-state index contributed by atoms with van der Waals surface area (Å²) in [5.41, 5.74) is 2.26. The molecule has 0 saturated carbocycles. The summed E-state index contributed by atoms with van der Waals surface area (Å²) in [5, 5.41) is 1.20. The Bertz CT molecular complexity index is 601. The monoisotopic (exact) mass is 294 g/mol. The Balaban J connectivity index is 1.95. The van der Waals surface area contributed by atoms with Gasteiger partial charge in [-0.2, -0.15) is 0 Å². The second-order valence-corrected chi connectivity index (χ2v) is 5.89. The zero-order chi connectivity index (χ0) is 13.2. The standard InChI is InChI=1S/C14H12ClFN2S/c15-14-17-12-4-2-1-3-11(12)13(18-14)19-10-7-5-9(16)6-8-10/h5-8H,1-4H2. The van der Waals surface area contributed by atoms with Crippen molar-refractivity contribution in [2.45, 2.75) is 35.6 Å². The Morgan fingerprint density at radius 1 is 1.05 bits per heavy atom. The van der Waals surface area contributed by atoms with Gasteiger partial charge in [-0.15, -0.1) is 0 Å². The van der Waals surface area contributed by atoms with Crippen molar-refractivity contribution < 1.29 is 4.39 Å². The molecular weight excluding hydrogens is 283 g/mol. The van der Waals surface area contributed by atoms with E-state index in [0.29, 0.717) is 5.28 Å². The van der Waals surface area contributed by atoms with Gasteiger partial charge in [0.2, 0.25) is 5.28 Å². The van der Waals surface area contributed by atoms with Crippen LogP contribution in [0.2, 0.25) is 5.28 Å². The molecule has 3 rings (SSSR count). The highest BCUT2D eigenvalue weighted by atomic mass is 35.5. The minimum Gasteiger partial charge on any atom is -0.223 e. The molecule has 0 atom stereocenters. The van der Waals surface area contributed by atoms with Crippen molar-refractivity contribution in [3.05, 3.63) is 46.6 Å². The molecule has 2 aromatic rings.